The van der Waals surface area contributed by atoms with Crippen molar-refractivity contribution in [2.45, 2.75) is 4.90 Å². The number of hydrogen-bond donors (Lipinski definition) is 1. The summed E-state index contributed by atoms with van der Waals surface area (Å²) in [6.45, 7) is 0. The van der Waals surface area contributed by atoms with Crippen molar-refractivity contribution in [2.24, 2.45) is 0 Å². The smallest absolute Gasteiger partial charge is 0.264 e. The molecule has 0 saturated heterocycles. The average Bonchev–Trinajstić information content (AvgIpc) is 2.41. The monoisotopic (exact) mass is 333 g/mol. The lowest BCUT2D eigenvalue weighted by Crippen LogP contribution is -2.15. The molecule has 0 atom stereocenters. The zero-order valence-corrected chi connectivity index (χ0v) is 12.5. The predicted molar refractivity (Wildman–Crippen MR) is 75.9 cm³/mol. The number of anilines is 1. The highest BCUT2D eigenvalue weighted by atomic mass is 35.5. The number of halogens is 2. The van der Waals surface area contributed by atoms with Crippen LogP contribution in [0, 0.1) is 0 Å². The third-order valence-electron chi connectivity index (χ3n) is 2.30. The standard InChI is InChI=1S/C11H9Cl2N3O3S/c1-19-8-6-10(14-15-11(8)13)16-20(17,18)9-5-3-2-4-7(9)12/h2-6H,1H3,(H,14,16). The number of methoxy groups -OCH3 is 1. The van der Waals surface area contributed by atoms with E-state index in [0.717, 1.165) is 0 Å². The Hall–Kier alpha value is -1.57. The molecular weight excluding hydrogens is 325 g/mol. The van der Waals surface area contributed by atoms with Crippen LogP contribution in [0.5, 0.6) is 5.75 Å². The Morgan fingerprint density at radius 3 is 2.55 bits per heavy atom. The lowest BCUT2D eigenvalue weighted by atomic mass is 10.4. The van der Waals surface area contributed by atoms with Crippen LogP contribution < -0.4 is 9.46 Å². The van der Waals surface area contributed by atoms with Crippen LogP contribution in [-0.2, 0) is 10.0 Å². The molecule has 0 bridgehead atoms. The first kappa shape index (κ1) is 14.8. The quantitative estimate of drug-likeness (QED) is 0.929. The van der Waals surface area contributed by atoms with Gasteiger partial charge in [0.05, 0.1) is 12.1 Å². The highest BCUT2D eigenvalue weighted by Gasteiger charge is 2.19. The molecule has 0 aliphatic heterocycles. The second kappa shape index (κ2) is 5.82. The third-order valence-corrected chi connectivity index (χ3v) is 4.42. The molecule has 0 fully saturated rings. The minimum Gasteiger partial charge on any atom is -0.493 e. The zero-order chi connectivity index (χ0) is 14.8. The van der Waals surface area contributed by atoms with E-state index in [-0.39, 0.29) is 26.6 Å². The van der Waals surface area contributed by atoms with Gasteiger partial charge in [0, 0.05) is 6.07 Å². The topological polar surface area (TPSA) is 81.2 Å². The van der Waals surface area contributed by atoms with E-state index in [1.807, 2.05) is 0 Å². The van der Waals surface area contributed by atoms with Crippen LogP contribution in [0.15, 0.2) is 35.2 Å². The van der Waals surface area contributed by atoms with Crippen molar-refractivity contribution in [1.29, 1.82) is 0 Å². The summed E-state index contributed by atoms with van der Waals surface area (Å²) in [4.78, 5) is -0.0580. The van der Waals surface area contributed by atoms with E-state index in [4.69, 9.17) is 27.9 Å². The molecule has 106 valence electrons. The fourth-order valence-electron chi connectivity index (χ4n) is 1.41. The van der Waals surface area contributed by atoms with Gasteiger partial charge in [0.1, 0.15) is 4.90 Å². The molecule has 2 aromatic rings. The number of ether oxygens (including phenoxy) is 1. The van der Waals surface area contributed by atoms with E-state index in [1.165, 1.54) is 25.3 Å². The maximum absolute atomic E-state index is 12.2. The average molecular weight is 334 g/mol. The Bertz CT molecular complexity index is 737. The van der Waals surface area contributed by atoms with Crippen molar-refractivity contribution in [1.82, 2.24) is 10.2 Å². The molecule has 9 heteroatoms. The molecule has 1 aromatic carbocycles. The van der Waals surface area contributed by atoms with Gasteiger partial charge in [0.15, 0.2) is 16.7 Å². The fourth-order valence-corrected chi connectivity index (χ4v) is 3.09. The van der Waals surface area contributed by atoms with Crippen LogP contribution in [0.2, 0.25) is 10.2 Å². The van der Waals surface area contributed by atoms with E-state index in [1.54, 1.807) is 12.1 Å². The van der Waals surface area contributed by atoms with Crippen molar-refractivity contribution >= 4 is 39.0 Å². The first-order valence-corrected chi connectivity index (χ1v) is 7.52. The summed E-state index contributed by atoms with van der Waals surface area (Å²) in [5, 5.41) is 7.35. The maximum atomic E-state index is 12.2. The Labute approximate surface area is 125 Å². The Balaban J connectivity index is 2.36. The van der Waals surface area contributed by atoms with Gasteiger partial charge in [-0.15, -0.1) is 10.2 Å². The molecule has 0 aliphatic carbocycles. The van der Waals surface area contributed by atoms with Gasteiger partial charge in [-0.05, 0) is 12.1 Å². The van der Waals surface area contributed by atoms with Crippen molar-refractivity contribution < 1.29 is 13.2 Å². The Morgan fingerprint density at radius 1 is 1.20 bits per heavy atom. The van der Waals surface area contributed by atoms with Crippen molar-refractivity contribution in [2.75, 3.05) is 11.8 Å². The summed E-state index contributed by atoms with van der Waals surface area (Å²) < 4.78 is 31.5. The molecule has 0 saturated carbocycles. The van der Waals surface area contributed by atoms with E-state index in [9.17, 15) is 8.42 Å². The summed E-state index contributed by atoms with van der Waals surface area (Å²) in [5.74, 6) is 0.185. The zero-order valence-electron chi connectivity index (χ0n) is 10.2. The molecule has 0 amide bonds. The summed E-state index contributed by atoms with van der Waals surface area (Å²) in [5.41, 5.74) is 0. The number of benzene rings is 1. The molecule has 0 spiro atoms. The predicted octanol–water partition coefficient (Wildman–Crippen LogP) is 2.59. The van der Waals surface area contributed by atoms with Crippen LogP contribution in [0.25, 0.3) is 0 Å². The number of aromatic nitrogens is 2. The van der Waals surface area contributed by atoms with Crippen LogP contribution in [0.3, 0.4) is 0 Å². The highest BCUT2D eigenvalue weighted by molar-refractivity contribution is 7.92. The van der Waals surface area contributed by atoms with E-state index in [0.29, 0.717) is 0 Å². The normalized spacial score (nSPS) is 11.2. The lowest BCUT2D eigenvalue weighted by molar-refractivity contribution is 0.412. The van der Waals surface area contributed by atoms with Crippen LogP contribution >= 0.6 is 23.2 Å². The summed E-state index contributed by atoms with van der Waals surface area (Å²) in [7, 11) is -2.48. The van der Waals surface area contributed by atoms with Crippen LogP contribution in [0.1, 0.15) is 0 Å². The van der Waals surface area contributed by atoms with Gasteiger partial charge in [-0.1, -0.05) is 35.3 Å². The lowest BCUT2D eigenvalue weighted by Gasteiger charge is -2.09. The van der Waals surface area contributed by atoms with Gasteiger partial charge in [-0.25, -0.2) is 8.42 Å². The largest absolute Gasteiger partial charge is 0.493 e. The SMILES string of the molecule is COc1cc(NS(=O)(=O)c2ccccc2Cl)nnc1Cl. The number of sulfonamides is 1. The van der Waals surface area contributed by atoms with Crippen molar-refractivity contribution in [3.63, 3.8) is 0 Å². The maximum Gasteiger partial charge on any atom is 0.264 e. The second-order valence-corrected chi connectivity index (χ2v) is 6.04. The van der Waals surface area contributed by atoms with Gasteiger partial charge < -0.3 is 4.74 Å². The minimum atomic E-state index is -3.86. The van der Waals surface area contributed by atoms with Crippen LogP contribution in [-0.4, -0.2) is 25.7 Å². The van der Waals surface area contributed by atoms with Crippen molar-refractivity contribution in [3.8, 4) is 5.75 Å². The number of hydrogen-bond acceptors (Lipinski definition) is 5. The molecule has 6 nitrogen and oxygen atoms in total. The summed E-state index contributed by atoms with van der Waals surface area (Å²) in [6, 6.07) is 7.38. The molecule has 1 N–H and O–H groups in total. The van der Waals surface area contributed by atoms with Gasteiger partial charge in [-0.3, -0.25) is 4.72 Å². The number of rotatable bonds is 4. The molecule has 20 heavy (non-hydrogen) atoms. The molecule has 0 aliphatic rings. The molecular formula is C11H9Cl2N3O3S. The van der Waals surface area contributed by atoms with E-state index < -0.39 is 10.0 Å². The molecule has 2 rings (SSSR count). The van der Waals surface area contributed by atoms with E-state index in [2.05, 4.69) is 14.9 Å². The Morgan fingerprint density at radius 2 is 1.90 bits per heavy atom. The van der Waals surface area contributed by atoms with Gasteiger partial charge in [-0.2, -0.15) is 0 Å². The first-order valence-electron chi connectivity index (χ1n) is 5.28. The van der Waals surface area contributed by atoms with Gasteiger partial charge in [0.2, 0.25) is 0 Å². The molecule has 1 heterocycles. The minimum absolute atomic E-state index is 0.0221. The summed E-state index contributed by atoms with van der Waals surface area (Å²) >= 11 is 11.6. The number of nitrogens with one attached hydrogen (secondary N) is 1. The van der Waals surface area contributed by atoms with E-state index >= 15 is 0 Å². The van der Waals surface area contributed by atoms with Gasteiger partial charge in [0.25, 0.3) is 10.0 Å². The first-order chi connectivity index (χ1) is 9.44. The molecule has 0 unspecified atom stereocenters. The highest BCUT2D eigenvalue weighted by Crippen LogP contribution is 2.26. The fraction of sp³-hybridized carbons (Fsp3) is 0.0909. The Kier molecular flexibility index (Phi) is 4.32. The number of nitrogens with zero attached hydrogens (tertiary/aromatic N) is 2. The van der Waals surface area contributed by atoms with Crippen LogP contribution in [0.4, 0.5) is 5.82 Å². The van der Waals surface area contributed by atoms with Crippen molar-refractivity contribution in [3.05, 3.63) is 40.5 Å². The summed E-state index contributed by atoms with van der Waals surface area (Å²) in [6.07, 6.45) is 0. The second-order valence-electron chi connectivity index (χ2n) is 3.62. The molecule has 1 aromatic heterocycles. The van der Waals surface area contributed by atoms with Gasteiger partial charge >= 0.3 is 0 Å². The third kappa shape index (κ3) is 3.12. The molecule has 0 radical (unpaired) electrons.